The fraction of sp³-hybridized carbons (Fsp3) is 0.500. The number of nitrogens with zero attached hydrogens (tertiary/aromatic N) is 1. The van der Waals surface area contributed by atoms with Gasteiger partial charge in [-0.05, 0) is 31.7 Å². The molecule has 2 N–H and O–H groups in total. The Balaban J connectivity index is 2.49. The molecule has 0 aromatic heterocycles. The molecule has 0 heterocycles. The molecule has 0 atom stereocenters. The molecule has 106 valence electrons. The van der Waals surface area contributed by atoms with Gasteiger partial charge in [0.1, 0.15) is 0 Å². The molecular weight excluding hydrogens is 278 g/mol. The van der Waals surface area contributed by atoms with Gasteiger partial charge in [0, 0.05) is 29.9 Å². The quantitative estimate of drug-likeness (QED) is 0.648. The van der Waals surface area contributed by atoms with Gasteiger partial charge < -0.3 is 10.6 Å². The van der Waals surface area contributed by atoms with E-state index < -0.39 is 0 Å². The predicted molar refractivity (Wildman–Crippen MR) is 87.2 cm³/mol. The summed E-state index contributed by atoms with van der Waals surface area (Å²) in [7, 11) is 1.77. The van der Waals surface area contributed by atoms with Crippen molar-refractivity contribution in [3.05, 3.63) is 34.9 Å². The minimum atomic E-state index is 0.183. The summed E-state index contributed by atoms with van der Waals surface area (Å²) < 4.78 is 0.183. The van der Waals surface area contributed by atoms with Crippen LogP contribution in [0.2, 0.25) is 5.02 Å². The second-order valence-electron chi connectivity index (χ2n) is 4.83. The third kappa shape index (κ3) is 5.74. The Morgan fingerprint density at radius 2 is 2.00 bits per heavy atom. The summed E-state index contributed by atoms with van der Waals surface area (Å²) >= 11 is 7.95. The van der Waals surface area contributed by atoms with Crippen LogP contribution in [0.5, 0.6) is 0 Å². The zero-order valence-corrected chi connectivity index (χ0v) is 13.5. The summed E-state index contributed by atoms with van der Waals surface area (Å²) in [4.78, 5) is 4.21. The van der Waals surface area contributed by atoms with E-state index in [1.54, 1.807) is 7.05 Å². The van der Waals surface area contributed by atoms with Crippen molar-refractivity contribution in [3.8, 4) is 0 Å². The third-order valence-corrected chi connectivity index (χ3v) is 4.48. The average Bonchev–Trinajstić information content (AvgIpc) is 2.41. The van der Waals surface area contributed by atoms with Gasteiger partial charge in [0.05, 0.1) is 0 Å². The predicted octanol–water partition coefficient (Wildman–Crippen LogP) is 3.15. The molecule has 0 bridgehead atoms. The van der Waals surface area contributed by atoms with Crippen LogP contribution in [0.3, 0.4) is 0 Å². The van der Waals surface area contributed by atoms with Gasteiger partial charge in [0.25, 0.3) is 0 Å². The van der Waals surface area contributed by atoms with Gasteiger partial charge in [-0.1, -0.05) is 29.8 Å². The van der Waals surface area contributed by atoms with Crippen molar-refractivity contribution in [1.82, 2.24) is 10.6 Å². The SMILES string of the molecule is CN=C(NCc1ccccc1Cl)NCC(C)(C)SC. The van der Waals surface area contributed by atoms with Crippen LogP contribution >= 0.6 is 23.4 Å². The van der Waals surface area contributed by atoms with Crippen LogP contribution in [0.25, 0.3) is 0 Å². The number of hydrogen-bond acceptors (Lipinski definition) is 2. The second kappa shape index (κ2) is 7.65. The molecule has 0 unspecified atom stereocenters. The van der Waals surface area contributed by atoms with Crippen molar-refractivity contribution >= 4 is 29.3 Å². The number of thioether (sulfide) groups is 1. The molecule has 1 rings (SSSR count). The molecule has 0 aliphatic rings. The molecule has 1 aromatic rings. The molecule has 3 nitrogen and oxygen atoms in total. The maximum absolute atomic E-state index is 6.12. The first-order valence-electron chi connectivity index (χ1n) is 6.21. The van der Waals surface area contributed by atoms with E-state index in [1.165, 1.54) is 0 Å². The van der Waals surface area contributed by atoms with Gasteiger partial charge in [-0.15, -0.1) is 0 Å². The zero-order chi connectivity index (χ0) is 14.3. The number of benzene rings is 1. The van der Waals surface area contributed by atoms with Crippen LogP contribution in [0, 0.1) is 0 Å². The minimum Gasteiger partial charge on any atom is -0.355 e. The normalized spacial score (nSPS) is 12.4. The standard InChI is InChI=1S/C14H22ClN3S/c1-14(2,19-4)10-18-13(16-3)17-9-11-7-5-6-8-12(11)15/h5-8H,9-10H2,1-4H3,(H2,16,17,18). The Morgan fingerprint density at radius 3 is 2.58 bits per heavy atom. The second-order valence-corrected chi connectivity index (χ2v) is 6.76. The maximum atomic E-state index is 6.12. The topological polar surface area (TPSA) is 36.4 Å². The minimum absolute atomic E-state index is 0.183. The van der Waals surface area contributed by atoms with Gasteiger partial charge in [0.2, 0.25) is 0 Å². The van der Waals surface area contributed by atoms with Crippen molar-refractivity contribution in [2.75, 3.05) is 19.8 Å². The van der Waals surface area contributed by atoms with Gasteiger partial charge in [0.15, 0.2) is 5.96 Å². The van der Waals surface area contributed by atoms with Crippen LogP contribution in [-0.4, -0.2) is 30.6 Å². The molecule has 0 radical (unpaired) electrons. The molecule has 1 aromatic carbocycles. The molecule has 19 heavy (non-hydrogen) atoms. The summed E-state index contributed by atoms with van der Waals surface area (Å²) in [6, 6.07) is 7.82. The zero-order valence-electron chi connectivity index (χ0n) is 12.0. The summed E-state index contributed by atoms with van der Waals surface area (Å²) in [6.45, 7) is 5.92. The van der Waals surface area contributed by atoms with E-state index in [0.717, 1.165) is 23.1 Å². The highest BCUT2D eigenvalue weighted by Gasteiger charge is 2.16. The number of hydrogen-bond donors (Lipinski definition) is 2. The Kier molecular flexibility index (Phi) is 6.52. The van der Waals surface area contributed by atoms with E-state index >= 15 is 0 Å². The number of halogens is 1. The van der Waals surface area contributed by atoms with Crippen LogP contribution in [-0.2, 0) is 6.54 Å². The van der Waals surface area contributed by atoms with E-state index in [4.69, 9.17) is 11.6 Å². The first-order chi connectivity index (χ1) is 8.98. The monoisotopic (exact) mass is 299 g/mol. The van der Waals surface area contributed by atoms with E-state index in [-0.39, 0.29) is 4.75 Å². The van der Waals surface area contributed by atoms with Gasteiger partial charge >= 0.3 is 0 Å². The van der Waals surface area contributed by atoms with Crippen molar-refractivity contribution in [2.45, 2.75) is 25.1 Å². The molecule has 5 heteroatoms. The fourth-order valence-electron chi connectivity index (χ4n) is 1.41. The Labute approximate surface area is 125 Å². The van der Waals surface area contributed by atoms with Crippen LogP contribution < -0.4 is 10.6 Å². The fourth-order valence-corrected chi connectivity index (χ4v) is 1.83. The highest BCUT2D eigenvalue weighted by Crippen LogP contribution is 2.19. The first-order valence-corrected chi connectivity index (χ1v) is 7.82. The Bertz CT molecular complexity index is 432. The molecule has 0 aliphatic heterocycles. The summed E-state index contributed by atoms with van der Waals surface area (Å²) in [5.41, 5.74) is 1.07. The van der Waals surface area contributed by atoms with Crippen LogP contribution in [0.1, 0.15) is 19.4 Å². The van der Waals surface area contributed by atoms with E-state index in [1.807, 2.05) is 36.0 Å². The Hall–Kier alpha value is -0.870. The molecule has 0 saturated carbocycles. The largest absolute Gasteiger partial charge is 0.355 e. The lowest BCUT2D eigenvalue weighted by atomic mass is 10.2. The van der Waals surface area contributed by atoms with E-state index in [0.29, 0.717) is 6.54 Å². The lowest BCUT2D eigenvalue weighted by molar-refractivity contribution is 0.664. The van der Waals surface area contributed by atoms with Gasteiger partial charge in [-0.2, -0.15) is 11.8 Å². The highest BCUT2D eigenvalue weighted by atomic mass is 35.5. The molecule has 0 aliphatic carbocycles. The summed E-state index contributed by atoms with van der Waals surface area (Å²) in [6.07, 6.45) is 2.11. The average molecular weight is 300 g/mol. The molecule has 0 amide bonds. The molecule has 0 saturated heterocycles. The van der Waals surface area contributed by atoms with Crippen molar-refractivity contribution in [3.63, 3.8) is 0 Å². The van der Waals surface area contributed by atoms with E-state index in [2.05, 4.69) is 35.7 Å². The Morgan fingerprint density at radius 1 is 1.32 bits per heavy atom. The van der Waals surface area contributed by atoms with E-state index in [9.17, 15) is 0 Å². The smallest absolute Gasteiger partial charge is 0.191 e. The molecular formula is C14H22ClN3S. The number of rotatable bonds is 5. The maximum Gasteiger partial charge on any atom is 0.191 e. The number of aliphatic imine (C=N–C) groups is 1. The van der Waals surface area contributed by atoms with Crippen LogP contribution in [0.4, 0.5) is 0 Å². The van der Waals surface area contributed by atoms with Gasteiger partial charge in [-0.3, -0.25) is 4.99 Å². The highest BCUT2D eigenvalue weighted by molar-refractivity contribution is 7.99. The first kappa shape index (κ1) is 16.2. The molecule has 0 fully saturated rings. The van der Waals surface area contributed by atoms with Crippen molar-refractivity contribution in [2.24, 2.45) is 4.99 Å². The van der Waals surface area contributed by atoms with Crippen molar-refractivity contribution in [1.29, 1.82) is 0 Å². The number of nitrogens with one attached hydrogen (secondary N) is 2. The van der Waals surface area contributed by atoms with Gasteiger partial charge in [-0.25, -0.2) is 0 Å². The lowest BCUT2D eigenvalue weighted by Crippen LogP contribution is -2.43. The summed E-state index contributed by atoms with van der Waals surface area (Å²) in [5.74, 6) is 0.794. The van der Waals surface area contributed by atoms with Crippen LogP contribution in [0.15, 0.2) is 29.3 Å². The van der Waals surface area contributed by atoms with Crippen molar-refractivity contribution < 1.29 is 0 Å². The lowest BCUT2D eigenvalue weighted by Gasteiger charge is -2.23. The third-order valence-electron chi connectivity index (χ3n) is 2.86. The number of guanidine groups is 1. The summed E-state index contributed by atoms with van der Waals surface area (Å²) in [5, 5.41) is 7.37. The molecule has 0 spiro atoms.